The Morgan fingerprint density at radius 1 is 1.33 bits per heavy atom. The minimum Gasteiger partial charge on any atom is -0.384 e. The maximum absolute atomic E-state index is 5.44. The monoisotopic (exact) mass is 132 g/mol. The van der Waals surface area contributed by atoms with Gasteiger partial charge in [-0.1, -0.05) is 6.92 Å². The Hall–Kier alpha value is -0.120. The Bertz CT molecular complexity index is 71.5. The van der Waals surface area contributed by atoms with Gasteiger partial charge >= 0.3 is 0 Å². The summed E-state index contributed by atoms with van der Waals surface area (Å²) >= 11 is 0. The second-order valence-electron chi connectivity index (χ2n) is 2.65. The highest BCUT2D eigenvalue weighted by Gasteiger charge is 2.19. The first kappa shape index (κ1) is 8.88. The molecule has 0 atom stereocenters. The van der Waals surface area contributed by atoms with Gasteiger partial charge in [0, 0.05) is 25.6 Å². The fraction of sp³-hybridized carbons (Fsp3) is 1.00. The molecule has 0 amide bonds. The van der Waals surface area contributed by atoms with E-state index in [4.69, 9.17) is 16.2 Å². The predicted octanol–water partition coefficient (Wildman–Crippen LogP) is -0.443. The fourth-order valence-corrected chi connectivity index (χ4v) is 0.550. The molecular weight excluding hydrogens is 116 g/mol. The largest absolute Gasteiger partial charge is 0.384 e. The normalized spacial score (nSPS) is 12.0. The highest BCUT2D eigenvalue weighted by Crippen LogP contribution is 2.10. The van der Waals surface area contributed by atoms with Crippen molar-refractivity contribution >= 4 is 0 Å². The highest BCUT2D eigenvalue weighted by atomic mass is 16.5. The summed E-state index contributed by atoms with van der Waals surface area (Å²) in [7, 11) is 1.66. The molecule has 0 rings (SSSR count). The Balaban J connectivity index is 3.62. The van der Waals surface area contributed by atoms with E-state index in [1.54, 1.807) is 7.11 Å². The lowest BCUT2D eigenvalue weighted by atomic mass is 9.92. The molecule has 0 aromatic heterocycles. The maximum Gasteiger partial charge on any atom is 0.0540 e. The molecule has 0 aromatic rings. The van der Waals surface area contributed by atoms with Crippen LogP contribution in [-0.4, -0.2) is 26.8 Å². The SMILES string of the molecule is COCC(C)(CN)CN. The van der Waals surface area contributed by atoms with Crippen LogP contribution in [0.4, 0.5) is 0 Å². The molecule has 9 heavy (non-hydrogen) atoms. The number of ether oxygens (including phenoxy) is 1. The van der Waals surface area contributed by atoms with Gasteiger partial charge in [-0.25, -0.2) is 0 Å². The van der Waals surface area contributed by atoms with Crippen molar-refractivity contribution < 1.29 is 4.74 Å². The Labute approximate surface area is 56.4 Å². The van der Waals surface area contributed by atoms with Crippen LogP contribution in [0.5, 0.6) is 0 Å². The number of hydrogen-bond donors (Lipinski definition) is 2. The third-order valence-corrected chi connectivity index (χ3v) is 1.48. The molecule has 0 aromatic carbocycles. The van der Waals surface area contributed by atoms with E-state index < -0.39 is 0 Å². The van der Waals surface area contributed by atoms with Crippen LogP contribution in [-0.2, 0) is 4.74 Å². The van der Waals surface area contributed by atoms with Crippen molar-refractivity contribution in [2.24, 2.45) is 16.9 Å². The minimum absolute atomic E-state index is 0.0330. The van der Waals surface area contributed by atoms with Crippen molar-refractivity contribution in [1.29, 1.82) is 0 Å². The zero-order valence-corrected chi connectivity index (χ0v) is 6.18. The lowest BCUT2D eigenvalue weighted by Crippen LogP contribution is -2.38. The summed E-state index contributed by atoms with van der Waals surface area (Å²) in [4.78, 5) is 0. The van der Waals surface area contributed by atoms with Gasteiger partial charge in [0.15, 0.2) is 0 Å². The van der Waals surface area contributed by atoms with Crippen LogP contribution in [0.15, 0.2) is 0 Å². The molecule has 0 unspecified atom stereocenters. The van der Waals surface area contributed by atoms with Gasteiger partial charge in [-0.2, -0.15) is 0 Å². The second kappa shape index (κ2) is 3.82. The predicted molar refractivity (Wildman–Crippen MR) is 38.1 cm³/mol. The van der Waals surface area contributed by atoms with E-state index in [2.05, 4.69) is 0 Å². The molecule has 56 valence electrons. The van der Waals surface area contributed by atoms with Crippen LogP contribution < -0.4 is 11.5 Å². The number of hydrogen-bond acceptors (Lipinski definition) is 3. The lowest BCUT2D eigenvalue weighted by molar-refractivity contribution is 0.103. The smallest absolute Gasteiger partial charge is 0.0540 e. The molecule has 0 aliphatic carbocycles. The Kier molecular flexibility index (Phi) is 3.77. The van der Waals surface area contributed by atoms with Gasteiger partial charge in [0.1, 0.15) is 0 Å². The molecular formula is C6H16N2O. The van der Waals surface area contributed by atoms with E-state index in [1.807, 2.05) is 6.92 Å². The van der Waals surface area contributed by atoms with Crippen LogP contribution >= 0.6 is 0 Å². The molecule has 3 heteroatoms. The lowest BCUT2D eigenvalue weighted by Gasteiger charge is -2.24. The number of rotatable bonds is 4. The Morgan fingerprint density at radius 3 is 1.89 bits per heavy atom. The third kappa shape index (κ3) is 2.79. The van der Waals surface area contributed by atoms with Crippen molar-refractivity contribution in [2.45, 2.75) is 6.92 Å². The van der Waals surface area contributed by atoms with Gasteiger partial charge in [0.2, 0.25) is 0 Å². The summed E-state index contributed by atoms with van der Waals surface area (Å²) in [5, 5.41) is 0. The molecule has 0 spiro atoms. The van der Waals surface area contributed by atoms with Crippen molar-refractivity contribution in [2.75, 3.05) is 26.8 Å². The average molecular weight is 132 g/mol. The van der Waals surface area contributed by atoms with Gasteiger partial charge < -0.3 is 16.2 Å². The first-order chi connectivity index (χ1) is 4.18. The zero-order chi connectivity index (χ0) is 7.33. The van der Waals surface area contributed by atoms with Crippen molar-refractivity contribution in [3.63, 3.8) is 0 Å². The molecule has 0 aliphatic heterocycles. The molecule has 4 N–H and O–H groups in total. The number of nitrogens with two attached hydrogens (primary N) is 2. The van der Waals surface area contributed by atoms with Gasteiger partial charge in [0.05, 0.1) is 6.61 Å². The summed E-state index contributed by atoms with van der Waals surface area (Å²) in [5.74, 6) is 0. The molecule has 0 aliphatic rings. The van der Waals surface area contributed by atoms with E-state index in [-0.39, 0.29) is 5.41 Å². The van der Waals surface area contributed by atoms with Crippen molar-refractivity contribution in [1.82, 2.24) is 0 Å². The van der Waals surface area contributed by atoms with E-state index >= 15 is 0 Å². The van der Waals surface area contributed by atoms with Gasteiger partial charge in [-0.05, 0) is 0 Å². The van der Waals surface area contributed by atoms with E-state index in [0.29, 0.717) is 19.7 Å². The molecule has 0 radical (unpaired) electrons. The van der Waals surface area contributed by atoms with Crippen LogP contribution in [0, 0.1) is 5.41 Å². The van der Waals surface area contributed by atoms with E-state index in [0.717, 1.165) is 0 Å². The third-order valence-electron chi connectivity index (χ3n) is 1.48. The van der Waals surface area contributed by atoms with Crippen molar-refractivity contribution in [3.8, 4) is 0 Å². The van der Waals surface area contributed by atoms with Gasteiger partial charge in [0.25, 0.3) is 0 Å². The Morgan fingerprint density at radius 2 is 1.78 bits per heavy atom. The first-order valence-corrected chi connectivity index (χ1v) is 3.07. The second-order valence-corrected chi connectivity index (χ2v) is 2.65. The fourth-order valence-electron chi connectivity index (χ4n) is 0.550. The molecule has 0 saturated carbocycles. The molecule has 3 nitrogen and oxygen atoms in total. The molecule has 0 heterocycles. The summed E-state index contributed by atoms with van der Waals surface area (Å²) < 4.78 is 4.93. The first-order valence-electron chi connectivity index (χ1n) is 3.07. The van der Waals surface area contributed by atoms with Crippen LogP contribution in [0.3, 0.4) is 0 Å². The van der Waals surface area contributed by atoms with E-state index in [1.165, 1.54) is 0 Å². The van der Waals surface area contributed by atoms with Gasteiger partial charge in [-0.15, -0.1) is 0 Å². The zero-order valence-electron chi connectivity index (χ0n) is 6.18. The molecule has 0 fully saturated rings. The summed E-state index contributed by atoms with van der Waals surface area (Å²) in [6, 6.07) is 0. The van der Waals surface area contributed by atoms with E-state index in [9.17, 15) is 0 Å². The average Bonchev–Trinajstić information content (AvgIpc) is 1.89. The molecule has 0 saturated heterocycles. The van der Waals surface area contributed by atoms with Gasteiger partial charge in [-0.3, -0.25) is 0 Å². The summed E-state index contributed by atoms with van der Waals surface area (Å²) in [6.45, 7) is 3.81. The molecule has 0 bridgehead atoms. The number of methoxy groups -OCH3 is 1. The van der Waals surface area contributed by atoms with Crippen LogP contribution in [0.25, 0.3) is 0 Å². The highest BCUT2D eigenvalue weighted by molar-refractivity contribution is 4.74. The minimum atomic E-state index is -0.0330. The topological polar surface area (TPSA) is 61.3 Å². The van der Waals surface area contributed by atoms with Crippen molar-refractivity contribution in [3.05, 3.63) is 0 Å². The summed E-state index contributed by atoms with van der Waals surface area (Å²) in [5.41, 5.74) is 10.9. The standard InChI is InChI=1S/C6H16N2O/c1-6(3-7,4-8)5-9-2/h3-5,7-8H2,1-2H3. The summed E-state index contributed by atoms with van der Waals surface area (Å²) in [6.07, 6.45) is 0. The maximum atomic E-state index is 5.44. The van der Waals surface area contributed by atoms with Crippen LogP contribution in [0.2, 0.25) is 0 Å². The quantitative estimate of drug-likeness (QED) is 0.545. The van der Waals surface area contributed by atoms with Crippen LogP contribution in [0.1, 0.15) is 6.92 Å².